The van der Waals surface area contributed by atoms with Crippen molar-refractivity contribution < 1.29 is 19.1 Å². The van der Waals surface area contributed by atoms with Gasteiger partial charge < -0.3 is 9.53 Å². The number of carbonyl (C=O) groups excluding carboxylic acids is 3. The summed E-state index contributed by atoms with van der Waals surface area (Å²) < 4.78 is 5.02. The van der Waals surface area contributed by atoms with Gasteiger partial charge in [-0.1, -0.05) is 6.42 Å². The molecule has 0 aromatic rings. The van der Waals surface area contributed by atoms with Gasteiger partial charge in [-0.2, -0.15) is 0 Å². The van der Waals surface area contributed by atoms with Crippen molar-refractivity contribution >= 4 is 17.5 Å². The van der Waals surface area contributed by atoms with E-state index in [9.17, 15) is 14.4 Å². The van der Waals surface area contributed by atoms with Gasteiger partial charge in [0.1, 0.15) is 17.0 Å². The Morgan fingerprint density at radius 1 is 1.35 bits per heavy atom. The molecule has 4 nitrogen and oxygen atoms in total. The molecule has 4 heteroatoms. The van der Waals surface area contributed by atoms with E-state index in [1.807, 2.05) is 0 Å². The van der Waals surface area contributed by atoms with Gasteiger partial charge in [0.2, 0.25) is 0 Å². The zero-order valence-corrected chi connectivity index (χ0v) is 10.6. The molecule has 0 saturated heterocycles. The molecule has 0 heterocycles. The Morgan fingerprint density at radius 2 is 2.06 bits per heavy atom. The predicted molar refractivity (Wildman–Crippen MR) is 62.5 cm³/mol. The maximum Gasteiger partial charge on any atom is 0.319 e. The van der Waals surface area contributed by atoms with Gasteiger partial charge in [-0.25, -0.2) is 0 Å². The maximum absolute atomic E-state index is 12.0. The number of esters is 1. The molecule has 0 N–H and O–H groups in total. The highest BCUT2D eigenvalue weighted by atomic mass is 16.5. The van der Waals surface area contributed by atoms with Crippen LogP contribution in [0.25, 0.3) is 0 Å². The lowest BCUT2D eigenvalue weighted by Gasteiger charge is -2.33. The molecule has 0 bridgehead atoms. The minimum absolute atomic E-state index is 0.00652. The van der Waals surface area contributed by atoms with E-state index in [4.69, 9.17) is 4.74 Å². The van der Waals surface area contributed by atoms with Gasteiger partial charge in [0.15, 0.2) is 0 Å². The Labute approximate surface area is 102 Å². The van der Waals surface area contributed by atoms with Gasteiger partial charge in [-0.15, -0.1) is 0 Å². The quantitative estimate of drug-likeness (QED) is 0.545. The van der Waals surface area contributed by atoms with E-state index in [1.165, 1.54) is 6.92 Å². The fourth-order valence-electron chi connectivity index (χ4n) is 2.33. The molecular weight excluding hydrogens is 220 g/mol. The molecule has 0 unspecified atom stereocenters. The number of rotatable bonds is 5. The summed E-state index contributed by atoms with van der Waals surface area (Å²) in [5.74, 6) is -0.485. The summed E-state index contributed by atoms with van der Waals surface area (Å²) >= 11 is 0. The molecule has 96 valence electrons. The van der Waals surface area contributed by atoms with Gasteiger partial charge in [0.05, 0.1) is 6.61 Å². The maximum atomic E-state index is 12.0. The third kappa shape index (κ3) is 3.14. The van der Waals surface area contributed by atoms with Gasteiger partial charge in [-0.05, 0) is 33.1 Å². The molecule has 0 aliphatic heterocycles. The highest BCUT2D eigenvalue weighted by Crippen LogP contribution is 2.38. The zero-order valence-electron chi connectivity index (χ0n) is 10.6. The van der Waals surface area contributed by atoms with Crippen LogP contribution >= 0.6 is 0 Å². The number of hydrogen-bond donors (Lipinski definition) is 0. The van der Waals surface area contributed by atoms with Crippen LogP contribution < -0.4 is 0 Å². The Kier molecular flexibility index (Phi) is 4.85. The van der Waals surface area contributed by atoms with Gasteiger partial charge >= 0.3 is 5.97 Å². The number of carbonyl (C=O) groups is 3. The van der Waals surface area contributed by atoms with Crippen molar-refractivity contribution in [3.8, 4) is 0 Å². The van der Waals surface area contributed by atoms with E-state index < -0.39 is 11.4 Å². The second-order valence-electron chi connectivity index (χ2n) is 4.63. The van der Waals surface area contributed by atoms with Crippen molar-refractivity contribution in [1.29, 1.82) is 0 Å². The van der Waals surface area contributed by atoms with Crippen LogP contribution in [0.1, 0.15) is 52.4 Å². The molecule has 1 atom stereocenters. The number of Topliss-reactive ketones (excluding diaryl/α,β-unsaturated/α-hetero) is 2. The average Bonchev–Trinajstić information content (AvgIpc) is 2.28. The molecule has 1 saturated carbocycles. The molecule has 1 fully saturated rings. The van der Waals surface area contributed by atoms with E-state index in [0.29, 0.717) is 19.3 Å². The van der Waals surface area contributed by atoms with Crippen molar-refractivity contribution in [2.24, 2.45) is 5.41 Å². The molecule has 0 amide bonds. The summed E-state index contributed by atoms with van der Waals surface area (Å²) in [5.41, 5.74) is -1.04. The van der Waals surface area contributed by atoms with Crippen LogP contribution in [0, 0.1) is 5.41 Å². The minimum atomic E-state index is -1.04. The molecule has 0 aromatic heterocycles. The van der Waals surface area contributed by atoms with Gasteiger partial charge in [-0.3, -0.25) is 9.59 Å². The van der Waals surface area contributed by atoms with Gasteiger partial charge in [0.25, 0.3) is 0 Å². The SMILES string of the molecule is CCOC(=O)[C@@]1(CCC(C)=O)CCCCC1=O. The van der Waals surface area contributed by atoms with E-state index in [1.54, 1.807) is 6.92 Å². The monoisotopic (exact) mass is 240 g/mol. The van der Waals surface area contributed by atoms with Crippen molar-refractivity contribution in [1.82, 2.24) is 0 Å². The normalized spacial score (nSPS) is 24.5. The summed E-state index contributed by atoms with van der Waals surface area (Å²) in [6, 6.07) is 0. The molecule has 0 radical (unpaired) electrons. The van der Waals surface area contributed by atoms with E-state index in [0.717, 1.165) is 12.8 Å². The van der Waals surface area contributed by atoms with E-state index in [-0.39, 0.29) is 24.6 Å². The van der Waals surface area contributed by atoms with Crippen LogP contribution in [0.5, 0.6) is 0 Å². The van der Waals surface area contributed by atoms with Crippen LogP contribution in [-0.2, 0) is 19.1 Å². The fraction of sp³-hybridized carbons (Fsp3) is 0.769. The van der Waals surface area contributed by atoms with Crippen LogP contribution in [0.4, 0.5) is 0 Å². The summed E-state index contributed by atoms with van der Waals surface area (Å²) in [7, 11) is 0. The fourth-order valence-corrected chi connectivity index (χ4v) is 2.33. The summed E-state index contributed by atoms with van der Waals surface area (Å²) in [5, 5.41) is 0. The zero-order chi connectivity index (χ0) is 12.9. The second kappa shape index (κ2) is 5.94. The molecule has 1 aliphatic carbocycles. The molecular formula is C13H20O4. The number of hydrogen-bond acceptors (Lipinski definition) is 4. The third-order valence-electron chi connectivity index (χ3n) is 3.36. The number of ketones is 2. The first-order chi connectivity index (χ1) is 8.03. The first-order valence-corrected chi connectivity index (χ1v) is 6.23. The summed E-state index contributed by atoms with van der Waals surface area (Å²) in [4.78, 5) is 35.1. The first kappa shape index (κ1) is 13.9. The lowest BCUT2D eigenvalue weighted by atomic mass is 9.70. The van der Waals surface area contributed by atoms with Crippen LogP contribution in [0.3, 0.4) is 0 Å². The van der Waals surface area contributed by atoms with Gasteiger partial charge in [0, 0.05) is 12.8 Å². The average molecular weight is 240 g/mol. The Morgan fingerprint density at radius 3 is 2.59 bits per heavy atom. The Balaban J connectivity index is 2.85. The lowest BCUT2D eigenvalue weighted by Crippen LogP contribution is -2.43. The highest BCUT2D eigenvalue weighted by molar-refractivity contribution is 6.04. The van der Waals surface area contributed by atoms with E-state index in [2.05, 4.69) is 0 Å². The lowest BCUT2D eigenvalue weighted by molar-refractivity contribution is -0.163. The predicted octanol–water partition coefficient (Wildman–Crippen LogP) is 2.05. The molecule has 1 rings (SSSR count). The molecule has 0 spiro atoms. The van der Waals surface area contributed by atoms with Crippen LogP contribution in [-0.4, -0.2) is 24.1 Å². The largest absolute Gasteiger partial charge is 0.465 e. The van der Waals surface area contributed by atoms with Crippen molar-refractivity contribution in [3.05, 3.63) is 0 Å². The first-order valence-electron chi connectivity index (χ1n) is 6.23. The Bertz CT molecular complexity index is 321. The molecule has 0 aromatic carbocycles. The van der Waals surface area contributed by atoms with E-state index >= 15 is 0 Å². The van der Waals surface area contributed by atoms with Crippen LogP contribution in [0.2, 0.25) is 0 Å². The summed E-state index contributed by atoms with van der Waals surface area (Å²) in [6.07, 6.45) is 3.21. The standard InChI is InChI=1S/C13H20O4/c1-3-17-12(16)13(9-7-10(2)14)8-5-4-6-11(13)15/h3-9H2,1-2H3/t13-/m1/s1. The van der Waals surface area contributed by atoms with Crippen molar-refractivity contribution in [2.75, 3.05) is 6.61 Å². The minimum Gasteiger partial charge on any atom is -0.465 e. The van der Waals surface area contributed by atoms with Crippen LogP contribution in [0.15, 0.2) is 0 Å². The molecule has 17 heavy (non-hydrogen) atoms. The van der Waals surface area contributed by atoms with Crippen molar-refractivity contribution in [3.63, 3.8) is 0 Å². The summed E-state index contributed by atoms with van der Waals surface area (Å²) in [6.45, 7) is 3.48. The topological polar surface area (TPSA) is 60.4 Å². The second-order valence-corrected chi connectivity index (χ2v) is 4.63. The smallest absolute Gasteiger partial charge is 0.319 e. The highest BCUT2D eigenvalue weighted by Gasteiger charge is 2.47. The third-order valence-corrected chi connectivity index (χ3v) is 3.36. The Hall–Kier alpha value is -1.19. The van der Waals surface area contributed by atoms with Crippen molar-refractivity contribution in [2.45, 2.75) is 52.4 Å². The number of ether oxygens (including phenoxy) is 1. The molecule has 1 aliphatic rings.